The zero-order valence-corrected chi connectivity index (χ0v) is 12.5. The number of hydrogen-bond donors (Lipinski definition) is 0. The number of Topliss-reactive ketones (excluding diaryl/α,β-unsaturated/α-hetero) is 1. The van der Waals surface area contributed by atoms with Gasteiger partial charge >= 0.3 is 11.8 Å². The number of rotatable bonds is 7. The minimum atomic E-state index is -2.13. The number of carbonyl (C=O) groups excluding carboxylic acids is 2. The van der Waals surface area contributed by atoms with Crippen molar-refractivity contribution in [1.29, 1.82) is 0 Å². The fourth-order valence-electron chi connectivity index (χ4n) is 1.31. The van der Waals surface area contributed by atoms with Gasteiger partial charge in [0, 0.05) is 13.5 Å². The van der Waals surface area contributed by atoms with E-state index in [1.807, 2.05) is 19.6 Å². The summed E-state index contributed by atoms with van der Waals surface area (Å²) in [6.45, 7) is 10.6. The van der Waals surface area contributed by atoms with Gasteiger partial charge in [0.1, 0.15) is 0 Å². The Morgan fingerprint density at radius 1 is 1.12 bits per heavy atom. The topological polar surface area (TPSA) is 61.8 Å². The summed E-state index contributed by atoms with van der Waals surface area (Å²) in [6.07, 6.45) is 0. The van der Waals surface area contributed by atoms with Gasteiger partial charge in [-0.3, -0.25) is 4.79 Å². The molecule has 0 saturated carbocycles. The van der Waals surface area contributed by atoms with E-state index < -0.39 is 25.9 Å². The van der Waals surface area contributed by atoms with Crippen molar-refractivity contribution in [3.05, 3.63) is 0 Å². The third kappa shape index (κ3) is 4.57. The summed E-state index contributed by atoms with van der Waals surface area (Å²) >= 11 is 0. The molecule has 5 nitrogen and oxygen atoms in total. The molecular weight excluding hydrogens is 240 g/mol. The maximum atomic E-state index is 11.9. The molecule has 0 aromatic rings. The zero-order valence-electron chi connectivity index (χ0n) is 11.5. The largest absolute Gasteiger partial charge is 0.462 e. The Kier molecular flexibility index (Phi) is 6.01. The first-order valence-electron chi connectivity index (χ1n) is 5.72. The molecule has 0 aliphatic carbocycles. The van der Waals surface area contributed by atoms with Crippen molar-refractivity contribution in [2.45, 2.75) is 46.2 Å². The molecule has 0 rings (SSSR count). The van der Waals surface area contributed by atoms with Crippen LogP contribution in [0, 0.1) is 0 Å². The molecule has 0 aliphatic rings. The van der Waals surface area contributed by atoms with Crippen LogP contribution < -0.4 is 0 Å². The molecule has 0 aromatic heterocycles. The predicted molar refractivity (Wildman–Crippen MR) is 66.1 cm³/mol. The smallest absolute Gasteiger partial charge is 0.374 e. The summed E-state index contributed by atoms with van der Waals surface area (Å²) in [7, 11) is -2.13. The van der Waals surface area contributed by atoms with Crippen LogP contribution in [0.3, 0.4) is 0 Å². The minimum Gasteiger partial charge on any atom is -0.462 e. The van der Waals surface area contributed by atoms with E-state index in [0.717, 1.165) is 0 Å². The lowest BCUT2D eigenvalue weighted by Crippen LogP contribution is -2.56. The first-order valence-corrected chi connectivity index (χ1v) is 9.12. The Hall–Kier alpha value is -0.723. The number of hydrogen-bond acceptors (Lipinski definition) is 5. The molecular formula is C11H22O5Si. The molecule has 1 atom stereocenters. The molecule has 1 unspecified atom stereocenters. The summed E-state index contributed by atoms with van der Waals surface area (Å²) < 4.78 is 15.8. The summed E-state index contributed by atoms with van der Waals surface area (Å²) in [5.41, 5.74) is 0. The van der Waals surface area contributed by atoms with Crippen LogP contribution in [0.4, 0.5) is 0 Å². The van der Waals surface area contributed by atoms with Crippen molar-refractivity contribution < 1.29 is 23.5 Å². The molecule has 0 spiro atoms. The van der Waals surface area contributed by atoms with Gasteiger partial charge in [-0.05, 0) is 33.5 Å². The highest BCUT2D eigenvalue weighted by Gasteiger charge is 2.50. The van der Waals surface area contributed by atoms with Crippen LogP contribution in [0.5, 0.6) is 0 Å². The highest BCUT2D eigenvalue weighted by atomic mass is 28.4. The molecule has 0 fully saturated rings. The average Bonchev–Trinajstić information content (AvgIpc) is 2.14. The third-order valence-corrected chi connectivity index (χ3v) is 2.70. The Bertz CT molecular complexity index is 284. The van der Waals surface area contributed by atoms with E-state index in [-0.39, 0.29) is 13.2 Å². The first-order chi connectivity index (χ1) is 7.69. The van der Waals surface area contributed by atoms with Crippen LogP contribution in [0.2, 0.25) is 19.6 Å². The molecule has 0 bridgehead atoms. The van der Waals surface area contributed by atoms with E-state index in [4.69, 9.17) is 13.9 Å². The third-order valence-electron chi connectivity index (χ3n) is 1.81. The van der Waals surface area contributed by atoms with Gasteiger partial charge in [-0.1, -0.05) is 0 Å². The lowest BCUT2D eigenvalue weighted by molar-refractivity contribution is -0.215. The van der Waals surface area contributed by atoms with E-state index in [0.29, 0.717) is 0 Å². The van der Waals surface area contributed by atoms with Crippen LogP contribution in [-0.2, 0) is 23.5 Å². The Labute approximate surface area is 104 Å². The van der Waals surface area contributed by atoms with E-state index in [2.05, 4.69) is 0 Å². The molecule has 0 amide bonds. The van der Waals surface area contributed by atoms with Crippen molar-refractivity contribution in [2.24, 2.45) is 0 Å². The molecule has 0 aliphatic heterocycles. The van der Waals surface area contributed by atoms with Crippen molar-refractivity contribution in [3.63, 3.8) is 0 Å². The predicted octanol–water partition coefficient (Wildman–Crippen LogP) is 1.72. The zero-order chi connectivity index (χ0) is 13.7. The first kappa shape index (κ1) is 16.3. The van der Waals surface area contributed by atoms with Crippen LogP contribution in [0.1, 0.15) is 20.8 Å². The van der Waals surface area contributed by atoms with Crippen LogP contribution in [-0.4, -0.2) is 39.1 Å². The van der Waals surface area contributed by atoms with E-state index in [1.54, 1.807) is 13.8 Å². The fraction of sp³-hybridized carbons (Fsp3) is 0.818. The Morgan fingerprint density at radius 3 is 1.94 bits per heavy atom. The number of ether oxygens (including phenoxy) is 2. The molecule has 0 aromatic carbocycles. The lowest BCUT2D eigenvalue weighted by Gasteiger charge is -2.34. The van der Waals surface area contributed by atoms with Gasteiger partial charge in [0.25, 0.3) is 0 Å². The van der Waals surface area contributed by atoms with Gasteiger partial charge in [-0.15, -0.1) is 0 Å². The van der Waals surface area contributed by atoms with Gasteiger partial charge in [-0.25, -0.2) is 4.79 Å². The summed E-state index contributed by atoms with van der Waals surface area (Å²) in [6, 6.07) is 0. The normalized spacial score (nSPS) is 15.2. The quantitative estimate of drug-likeness (QED) is 0.302. The summed E-state index contributed by atoms with van der Waals surface area (Å²) in [5, 5.41) is 0. The van der Waals surface area contributed by atoms with Gasteiger partial charge in [0.2, 0.25) is 0 Å². The second-order valence-electron chi connectivity index (χ2n) is 4.54. The maximum absolute atomic E-state index is 11.9. The minimum absolute atomic E-state index is 0.177. The monoisotopic (exact) mass is 262 g/mol. The van der Waals surface area contributed by atoms with Crippen molar-refractivity contribution in [3.8, 4) is 0 Å². The van der Waals surface area contributed by atoms with Crippen LogP contribution in [0.25, 0.3) is 0 Å². The molecule has 0 heterocycles. The van der Waals surface area contributed by atoms with Gasteiger partial charge in [-0.2, -0.15) is 0 Å². The van der Waals surface area contributed by atoms with Crippen LogP contribution in [0.15, 0.2) is 0 Å². The van der Waals surface area contributed by atoms with Crippen LogP contribution >= 0.6 is 0 Å². The SMILES string of the molecule is CCOC(=O)C(OCC)(O[Si](C)(C)C)C(C)=O. The lowest BCUT2D eigenvalue weighted by atomic mass is 10.2. The number of ketones is 1. The molecule has 100 valence electrons. The molecule has 17 heavy (non-hydrogen) atoms. The fourth-order valence-corrected chi connectivity index (χ4v) is 2.46. The number of esters is 1. The average molecular weight is 262 g/mol. The molecule has 0 N–H and O–H groups in total. The van der Waals surface area contributed by atoms with Crippen molar-refractivity contribution in [1.82, 2.24) is 0 Å². The Balaban J connectivity index is 5.27. The van der Waals surface area contributed by atoms with Gasteiger partial charge in [0.15, 0.2) is 14.1 Å². The van der Waals surface area contributed by atoms with Gasteiger partial charge in [0.05, 0.1) is 6.61 Å². The Morgan fingerprint density at radius 2 is 1.65 bits per heavy atom. The molecule has 6 heteroatoms. The summed E-state index contributed by atoms with van der Waals surface area (Å²) in [4.78, 5) is 23.6. The van der Waals surface area contributed by atoms with E-state index >= 15 is 0 Å². The van der Waals surface area contributed by atoms with E-state index in [1.165, 1.54) is 6.92 Å². The molecule has 0 radical (unpaired) electrons. The van der Waals surface area contributed by atoms with Gasteiger partial charge < -0.3 is 13.9 Å². The van der Waals surface area contributed by atoms with E-state index in [9.17, 15) is 9.59 Å². The second-order valence-corrected chi connectivity index (χ2v) is 8.97. The van der Waals surface area contributed by atoms with Crippen molar-refractivity contribution in [2.75, 3.05) is 13.2 Å². The van der Waals surface area contributed by atoms with Crippen molar-refractivity contribution >= 4 is 20.1 Å². The molecule has 0 saturated heterocycles. The highest BCUT2D eigenvalue weighted by Crippen LogP contribution is 2.23. The highest BCUT2D eigenvalue weighted by molar-refractivity contribution is 6.70. The standard InChI is InChI=1S/C11H22O5Si/c1-7-14-10(13)11(9(3)12,15-8-2)16-17(4,5)6/h7-8H2,1-6H3. The summed E-state index contributed by atoms with van der Waals surface area (Å²) in [5.74, 6) is -3.15. The second kappa shape index (κ2) is 6.27. The number of carbonyl (C=O) groups is 2. The maximum Gasteiger partial charge on any atom is 0.374 e.